The van der Waals surface area contributed by atoms with Gasteiger partial charge in [-0.1, -0.05) is 55.0 Å². The number of fused-ring (bicyclic) bond motifs is 1. The Bertz CT molecular complexity index is 1180. The predicted octanol–water partition coefficient (Wildman–Crippen LogP) is 6.69. The molecule has 1 N–H and O–H groups in total. The number of aromatic hydroxyl groups is 1. The zero-order chi connectivity index (χ0) is 23.7. The highest BCUT2D eigenvalue weighted by atomic mass is 16.5. The lowest BCUT2D eigenvalue weighted by molar-refractivity contribution is 0.234. The zero-order valence-corrected chi connectivity index (χ0v) is 20.6. The molecule has 1 aliphatic heterocycles. The number of ether oxygens (including phenoxy) is 1. The molecule has 2 aliphatic rings. The lowest BCUT2D eigenvalue weighted by Crippen LogP contribution is -2.25. The van der Waals surface area contributed by atoms with Gasteiger partial charge in [-0.05, 0) is 96.8 Å². The zero-order valence-electron chi connectivity index (χ0n) is 20.6. The normalized spacial score (nSPS) is 20.4. The summed E-state index contributed by atoms with van der Waals surface area (Å²) in [4.78, 5) is 2.50. The summed E-state index contributed by atoms with van der Waals surface area (Å²) >= 11 is 0. The third kappa shape index (κ3) is 4.76. The molecule has 1 heterocycles. The fourth-order valence-corrected chi connectivity index (χ4v) is 5.60. The topological polar surface area (TPSA) is 32.7 Å². The van der Waals surface area contributed by atoms with Crippen molar-refractivity contribution < 1.29 is 9.84 Å². The molecule has 5 rings (SSSR count). The van der Waals surface area contributed by atoms with Gasteiger partial charge in [-0.15, -0.1) is 0 Å². The van der Waals surface area contributed by atoms with Crippen LogP contribution in [0, 0.1) is 12.8 Å². The van der Waals surface area contributed by atoms with Crippen molar-refractivity contribution in [1.29, 1.82) is 0 Å². The monoisotopic (exact) mass is 453 g/mol. The molecule has 1 saturated heterocycles. The number of rotatable bonds is 6. The van der Waals surface area contributed by atoms with Gasteiger partial charge in [0.25, 0.3) is 0 Å². The van der Waals surface area contributed by atoms with Gasteiger partial charge in [0, 0.05) is 19.0 Å². The van der Waals surface area contributed by atoms with Crippen molar-refractivity contribution in [3.05, 3.63) is 94.5 Å². The molecule has 34 heavy (non-hydrogen) atoms. The first kappa shape index (κ1) is 22.7. The molecule has 0 saturated carbocycles. The van der Waals surface area contributed by atoms with Crippen molar-refractivity contribution in [2.75, 3.05) is 26.2 Å². The lowest BCUT2D eigenvalue weighted by atomic mass is 9.73. The average Bonchev–Trinajstić information content (AvgIpc) is 3.25. The Morgan fingerprint density at radius 2 is 1.74 bits per heavy atom. The van der Waals surface area contributed by atoms with Crippen LogP contribution in [-0.2, 0) is 6.42 Å². The van der Waals surface area contributed by atoms with E-state index >= 15 is 0 Å². The molecule has 0 bridgehead atoms. The molecule has 0 spiro atoms. The van der Waals surface area contributed by atoms with E-state index in [0.717, 1.165) is 31.2 Å². The Labute approximate surface area is 203 Å². The van der Waals surface area contributed by atoms with Gasteiger partial charge in [-0.25, -0.2) is 0 Å². The number of likely N-dealkylation sites (tertiary alicyclic amines) is 1. The van der Waals surface area contributed by atoms with Gasteiger partial charge in [0.15, 0.2) is 0 Å². The first-order valence-corrected chi connectivity index (χ1v) is 12.5. The Hall–Kier alpha value is -3.04. The predicted molar refractivity (Wildman–Crippen MR) is 140 cm³/mol. The van der Waals surface area contributed by atoms with Crippen LogP contribution in [0.3, 0.4) is 0 Å². The summed E-state index contributed by atoms with van der Waals surface area (Å²) < 4.78 is 6.08. The number of benzene rings is 3. The van der Waals surface area contributed by atoms with Crippen LogP contribution >= 0.6 is 0 Å². The standard InChI is InChI=1S/C31H35NO2/c1-21-4-6-25(7-5-21)31-23(3)29-13-10-27(33)18-26(29)19-30(31)24-8-11-28(12-9-24)34-17-16-32-15-14-22(2)20-32/h4-13,18,22,30,33H,14-17,19-20H2,1-3H3. The highest BCUT2D eigenvalue weighted by Gasteiger charge is 2.28. The van der Waals surface area contributed by atoms with E-state index in [1.807, 2.05) is 6.07 Å². The lowest BCUT2D eigenvalue weighted by Gasteiger charge is -2.30. The molecule has 1 fully saturated rings. The second-order valence-electron chi connectivity index (χ2n) is 10.1. The van der Waals surface area contributed by atoms with Crippen LogP contribution in [0.4, 0.5) is 0 Å². The highest BCUT2D eigenvalue weighted by Crippen LogP contribution is 2.46. The fourth-order valence-electron chi connectivity index (χ4n) is 5.60. The molecular weight excluding hydrogens is 418 g/mol. The van der Waals surface area contributed by atoms with E-state index in [2.05, 4.69) is 80.3 Å². The van der Waals surface area contributed by atoms with Crippen molar-refractivity contribution in [1.82, 2.24) is 4.90 Å². The summed E-state index contributed by atoms with van der Waals surface area (Å²) in [5.74, 6) is 2.31. The first-order chi connectivity index (χ1) is 16.5. The Kier molecular flexibility index (Phi) is 6.47. The maximum absolute atomic E-state index is 10.1. The minimum absolute atomic E-state index is 0.233. The molecule has 0 radical (unpaired) electrons. The van der Waals surface area contributed by atoms with E-state index in [-0.39, 0.29) is 5.92 Å². The van der Waals surface area contributed by atoms with E-state index in [4.69, 9.17) is 4.74 Å². The van der Waals surface area contributed by atoms with E-state index in [0.29, 0.717) is 5.75 Å². The number of hydrogen-bond donors (Lipinski definition) is 1. The SMILES string of the molecule is CC1=C(c2ccc(C)cc2)C(c2ccc(OCCN3CCC(C)C3)cc2)Cc2cc(O)ccc21. The van der Waals surface area contributed by atoms with Crippen LogP contribution in [0.5, 0.6) is 11.5 Å². The van der Waals surface area contributed by atoms with Gasteiger partial charge in [0.1, 0.15) is 18.1 Å². The minimum atomic E-state index is 0.233. The number of aryl methyl sites for hydroxylation is 1. The molecular formula is C31H35NO2. The quantitative estimate of drug-likeness (QED) is 0.451. The molecule has 3 heteroatoms. The van der Waals surface area contributed by atoms with Gasteiger partial charge >= 0.3 is 0 Å². The van der Waals surface area contributed by atoms with E-state index in [9.17, 15) is 5.11 Å². The summed E-state index contributed by atoms with van der Waals surface area (Å²) in [6.45, 7) is 10.8. The highest BCUT2D eigenvalue weighted by molar-refractivity contribution is 5.95. The summed E-state index contributed by atoms with van der Waals surface area (Å²) in [6.07, 6.45) is 2.17. The van der Waals surface area contributed by atoms with Crippen molar-refractivity contribution in [3.8, 4) is 11.5 Å². The number of phenolic OH excluding ortho intramolecular Hbond substituents is 1. The average molecular weight is 454 g/mol. The van der Waals surface area contributed by atoms with Crippen molar-refractivity contribution in [2.24, 2.45) is 5.92 Å². The summed E-state index contributed by atoms with van der Waals surface area (Å²) in [5.41, 5.74) is 8.92. The summed E-state index contributed by atoms with van der Waals surface area (Å²) in [6, 6.07) is 23.3. The Morgan fingerprint density at radius 3 is 2.44 bits per heavy atom. The van der Waals surface area contributed by atoms with Crippen molar-refractivity contribution in [2.45, 2.75) is 39.5 Å². The van der Waals surface area contributed by atoms with Crippen LogP contribution in [0.15, 0.2) is 66.7 Å². The number of phenols is 1. The van der Waals surface area contributed by atoms with Crippen molar-refractivity contribution in [3.63, 3.8) is 0 Å². The van der Waals surface area contributed by atoms with Gasteiger partial charge in [-0.3, -0.25) is 4.90 Å². The molecule has 0 aromatic heterocycles. The van der Waals surface area contributed by atoms with Gasteiger partial charge in [-0.2, -0.15) is 0 Å². The second-order valence-corrected chi connectivity index (χ2v) is 10.1. The van der Waals surface area contributed by atoms with Crippen LogP contribution in [0.2, 0.25) is 0 Å². The molecule has 1 aliphatic carbocycles. The largest absolute Gasteiger partial charge is 0.508 e. The molecule has 3 aromatic rings. The Balaban J connectivity index is 1.39. The first-order valence-electron chi connectivity index (χ1n) is 12.5. The number of nitrogens with zero attached hydrogens (tertiary/aromatic N) is 1. The van der Waals surface area contributed by atoms with Crippen LogP contribution < -0.4 is 4.74 Å². The number of hydrogen-bond acceptors (Lipinski definition) is 3. The minimum Gasteiger partial charge on any atom is -0.508 e. The Morgan fingerprint density at radius 1 is 0.971 bits per heavy atom. The van der Waals surface area contributed by atoms with E-state index in [1.165, 1.54) is 58.5 Å². The maximum Gasteiger partial charge on any atom is 0.119 e. The molecule has 3 nitrogen and oxygen atoms in total. The molecule has 2 atom stereocenters. The fraction of sp³-hybridized carbons (Fsp3) is 0.355. The third-order valence-electron chi connectivity index (χ3n) is 7.50. The third-order valence-corrected chi connectivity index (χ3v) is 7.50. The number of allylic oxidation sites excluding steroid dienone is 2. The van der Waals surface area contributed by atoms with Crippen LogP contribution in [0.25, 0.3) is 11.1 Å². The van der Waals surface area contributed by atoms with Crippen LogP contribution in [0.1, 0.15) is 54.0 Å². The summed E-state index contributed by atoms with van der Waals surface area (Å²) in [7, 11) is 0. The van der Waals surface area contributed by atoms with Gasteiger partial charge < -0.3 is 9.84 Å². The van der Waals surface area contributed by atoms with E-state index in [1.54, 1.807) is 6.07 Å². The van der Waals surface area contributed by atoms with Crippen molar-refractivity contribution >= 4 is 11.1 Å². The maximum atomic E-state index is 10.1. The summed E-state index contributed by atoms with van der Waals surface area (Å²) in [5, 5.41) is 10.1. The second kappa shape index (κ2) is 9.68. The molecule has 2 unspecified atom stereocenters. The van der Waals surface area contributed by atoms with Gasteiger partial charge in [0.05, 0.1) is 0 Å². The van der Waals surface area contributed by atoms with Gasteiger partial charge in [0.2, 0.25) is 0 Å². The molecule has 3 aromatic carbocycles. The smallest absolute Gasteiger partial charge is 0.119 e. The van der Waals surface area contributed by atoms with Crippen LogP contribution in [-0.4, -0.2) is 36.2 Å². The molecule has 0 amide bonds. The van der Waals surface area contributed by atoms with E-state index < -0.39 is 0 Å². The molecule has 176 valence electrons.